The van der Waals surface area contributed by atoms with Crippen LogP contribution in [0.25, 0.3) is 0 Å². The molecule has 2 unspecified atom stereocenters. The molecule has 6 heteroatoms. The van der Waals surface area contributed by atoms with Crippen molar-refractivity contribution in [3.63, 3.8) is 0 Å². The predicted octanol–water partition coefficient (Wildman–Crippen LogP) is 2.96. The van der Waals surface area contributed by atoms with Gasteiger partial charge in [-0.1, -0.05) is 18.2 Å². The fourth-order valence-corrected chi connectivity index (χ4v) is 4.13. The summed E-state index contributed by atoms with van der Waals surface area (Å²) in [4.78, 5) is 29.7. The second-order valence-electron chi connectivity index (χ2n) is 8.03. The van der Waals surface area contributed by atoms with E-state index in [0.717, 1.165) is 57.6 Å². The molecule has 2 aliphatic heterocycles. The van der Waals surface area contributed by atoms with Gasteiger partial charge in [0.05, 0.1) is 12.5 Å². The molecule has 1 aromatic rings. The van der Waals surface area contributed by atoms with Crippen LogP contribution < -0.4 is 5.32 Å². The van der Waals surface area contributed by atoms with Crippen LogP contribution in [-0.2, 0) is 9.53 Å². The van der Waals surface area contributed by atoms with Crippen molar-refractivity contribution in [1.82, 2.24) is 9.80 Å². The topological polar surface area (TPSA) is 61.9 Å². The molecular weight excluding hydrogens is 342 g/mol. The molecule has 0 bridgehead atoms. The molecule has 2 saturated heterocycles. The van der Waals surface area contributed by atoms with E-state index in [1.54, 1.807) is 4.90 Å². The van der Waals surface area contributed by atoms with Crippen molar-refractivity contribution in [3.05, 3.63) is 30.3 Å². The van der Waals surface area contributed by atoms with Gasteiger partial charge in [-0.3, -0.25) is 4.79 Å². The van der Waals surface area contributed by atoms with Crippen molar-refractivity contribution in [2.75, 3.05) is 38.2 Å². The summed E-state index contributed by atoms with van der Waals surface area (Å²) in [6, 6.07) is 9.78. The number of nitrogens with one attached hydrogen (secondary N) is 1. The number of likely N-dealkylation sites (tertiary alicyclic amines) is 1. The number of anilines is 1. The lowest BCUT2D eigenvalue weighted by atomic mass is 9.96. The Balaban J connectivity index is 1.36. The van der Waals surface area contributed by atoms with E-state index < -0.39 is 0 Å². The van der Waals surface area contributed by atoms with Crippen molar-refractivity contribution in [3.8, 4) is 0 Å². The number of carbonyl (C=O) groups is 2. The fraction of sp³-hybridized carbons (Fsp3) is 0.619. The molecule has 6 nitrogen and oxygen atoms in total. The first-order valence-corrected chi connectivity index (χ1v) is 10.2. The van der Waals surface area contributed by atoms with Crippen LogP contribution in [0.2, 0.25) is 0 Å². The number of hydrogen-bond acceptors (Lipinski definition) is 3. The number of piperidine rings is 1. The van der Waals surface area contributed by atoms with Crippen molar-refractivity contribution < 1.29 is 14.3 Å². The highest BCUT2D eigenvalue weighted by Crippen LogP contribution is 2.32. The van der Waals surface area contributed by atoms with E-state index in [4.69, 9.17) is 4.74 Å². The Labute approximate surface area is 160 Å². The van der Waals surface area contributed by atoms with E-state index in [0.29, 0.717) is 25.0 Å². The molecular formula is C21H29N3O3. The third-order valence-corrected chi connectivity index (χ3v) is 5.83. The van der Waals surface area contributed by atoms with Gasteiger partial charge >= 0.3 is 6.03 Å². The largest absolute Gasteiger partial charge is 0.381 e. The smallest absolute Gasteiger partial charge is 0.321 e. The molecule has 27 heavy (non-hydrogen) atoms. The molecule has 3 amide bonds. The zero-order valence-corrected chi connectivity index (χ0v) is 15.8. The predicted molar refractivity (Wildman–Crippen MR) is 103 cm³/mol. The number of ether oxygens (including phenoxy) is 1. The van der Waals surface area contributed by atoms with Gasteiger partial charge in [-0.15, -0.1) is 0 Å². The minimum absolute atomic E-state index is 0.0804. The summed E-state index contributed by atoms with van der Waals surface area (Å²) in [7, 11) is 0. The van der Waals surface area contributed by atoms with E-state index >= 15 is 0 Å². The summed E-state index contributed by atoms with van der Waals surface area (Å²) in [5.41, 5.74) is 0.789. The SMILES string of the molecule is O=C(Nc1ccccc1)N1CCCC(C(=O)N(CC2CCOC2)C2CC2)C1. The lowest BCUT2D eigenvalue weighted by molar-refractivity contribution is -0.138. The zero-order valence-electron chi connectivity index (χ0n) is 15.8. The summed E-state index contributed by atoms with van der Waals surface area (Å²) < 4.78 is 5.49. The lowest BCUT2D eigenvalue weighted by Crippen LogP contribution is -2.49. The molecule has 1 aromatic carbocycles. The molecule has 3 aliphatic rings. The second-order valence-corrected chi connectivity index (χ2v) is 8.03. The third-order valence-electron chi connectivity index (χ3n) is 5.83. The number of hydrogen-bond donors (Lipinski definition) is 1. The van der Waals surface area contributed by atoms with Gasteiger partial charge in [-0.2, -0.15) is 0 Å². The van der Waals surface area contributed by atoms with Crippen LogP contribution in [0.4, 0.5) is 10.5 Å². The minimum Gasteiger partial charge on any atom is -0.381 e. The molecule has 146 valence electrons. The summed E-state index contributed by atoms with van der Waals surface area (Å²) in [5, 5.41) is 2.94. The number of carbonyl (C=O) groups excluding carboxylic acids is 2. The normalized spacial score (nSPS) is 25.3. The van der Waals surface area contributed by atoms with Crippen LogP contribution >= 0.6 is 0 Å². The molecule has 0 spiro atoms. The zero-order chi connectivity index (χ0) is 18.6. The molecule has 1 N–H and O–H groups in total. The van der Waals surface area contributed by atoms with Gasteiger partial charge in [0.15, 0.2) is 0 Å². The van der Waals surface area contributed by atoms with Gasteiger partial charge < -0.3 is 19.9 Å². The average molecular weight is 371 g/mol. The Kier molecular flexibility index (Phi) is 5.62. The third kappa shape index (κ3) is 4.61. The summed E-state index contributed by atoms with van der Waals surface area (Å²) in [5.74, 6) is 0.625. The van der Waals surface area contributed by atoms with Crippen LogP contribution in [0.15, 0.2) is 30.3 Å². The Bertz CT molecular complexity index is 656. The minimum atomic E-state index is -0.110. The van der Waals surface area contributed by atoms with E-state index in [1.807, 2.05) is 30.3 Å². The quantitative estimate of drug-likeness (QED) is 0.866. The standard InChI is InChI=1S/C21H29N3O3/c25-20(24(19-8-9-19)13-16-10-12-27-15-16)17-5-4-11-23(14-17)21(26)22-18-6-2-1-3-7-18/h1-3,6-7,16-17,19H,4-5,8-15H2,(H,22,26). The molecule has 1 saturated carbocycles. The van der Waals surface area contributed by atoms with Crippen LogP contribution in [0.3, 0.4) is 0 Å². The molecule has 2 atom stereocenters. The van der Waals surface area contributed by atoms with Gasteiger partial charge in [0.2, 0.25) is 5.91 Å². The van der Waals surface area contributed by atoms with E-state index in [1.165, 1.54) is 0 Å². The first-order valence-electron chi connectivity index (χ1n) is 10.2. The van der Waals surface area contributed by atoms with Gasteiger partial charge in [-0.05, 0) is 44.2 Å². The van der Waals surface area contributed by atoms with E-state index in [-0.39, 0.29) is 17.9 Å². The Hall–Kier alpha value is -2.08. The van der Waals surface area contributed by atoms with Crippen molar-refractivity contribution in [2.24, 2.45) is 11.8 Å². The van der Waals surface area contributed by atoms with Gasteiger partial charge in [0.1, 0.15) is 0 Å². The molecule has 2 heterocycles. The monoisotopic (exact) mass is 371 g/mol. The maximum atomic E-state index is 13.2. The van der Waals surface area contributed by atoms with Crippen molar-refractivity contribution in [1.29, 1.82) is 0 Å². The number of amides is 3. The Morgan fingerprint density at radius 2 is 1.96 bits per heavy atom. The molecule has 0 aromatic heterocycles. The number of urea groups is 1. The van der Waals surface area contributed by atoms with Gasteiger partial charge in [-0.25, -0.2) is 4.79 Å². The second kappa shape index (κ2) is 8.30. The summed E-state index contributed by atoms with van der Waals surface area (Å²) >= 11 is 0. The molecule has 3 fully saturated rings. The van der Waals surface area contributed by atoms with Crippen molar-refractivity contribution in [2.45, 2.75) is 38.1 Å². The number of benzene rings is 1. The van der Waals surface area contributed by atoms with Crippen LogP contribution in [0, 0.1) is 11.8 Å². The Morgan fingerprint density at radius 3 is 2.67 bits per heavy atom. The molecule has 1 aliphatic carbocycles. The highest BCUT2D eigenvalue weighted by atomic mass is 16.5. The van der Waals surface area contributed by atoms with Crippen LogP contribution in [-0.4, -0.2) is 60.6 Å². The molecule has 0 radical (unpaired) electrons. The maximum Gasteiger partial charge on any atom is 0.321 e. The van der Waals surface area contributed by atoms with E-state index in [9.17, 15) is 9.59 Å². The van der Waals surface area contributed by atoms with Crippen molar-refractivity contribution >= 4 is 17.6 Å². The maximum absolute atomic E-state index is 13.2. The number of para-hydroxylation sites is 1. The van der Waals surface area contributed by atoms with Crippen LogP contribution in [0.1, 0.15) is 32.1 Å². The average Bonchev–Trinajstić information content (AvgIpc) is 3.42. The summed E-state index contributed by atoms with van der Waals surface area (Å²) in [6.45, 7) is 3.63. The first-order chi connectivity index (χ1) is 13.2. The Morgan fingerprint density at radius 1 is 1.15 bits per heavy atom. The number of rotatable bonds is 5. The van der Waals surface area contributed by atoms with Crippen LogP contribution in [0.5, 0.6) is 0 Å². The van der Waals surface area contributed by atoms with Gasteiger partial charge in [0, 0.05) is 43.9 Å². The molecule has 4 rings (SSSR count). The highest BCUT2D eigenvalue weighted by Gasteiger charge is 2.39. The lowest BCUT2D eigenvalue weighted by Gasteiger charge is -2.35. The number of nitrogens with zero attached hydrogens (tertiary/aromatic N) is 2. The first kappa shape index (κ1) is 18.3. The fourth-order valence-electron chi connectivity index (χ4n) is 4.13. The highest BCUT2D eigenvalue weighted by molar-refractivity contribution is 5.90. The summed E-state index contributed by atoms with van der Waals surface area (Å²) in [6.07, 6.45) is 5.03. The van der Waals surface area contributed by atoms with Gasteiger partial charge in [0.25, 0.3) is 0 Å². The van der Waals surface area contributed by atoms with E-state index in [2.05, 4.69) is 10.2 Å².